The van der Waals surface area contributed by atoms with Gasteiger partial charge in [0.05, 0.1) is 12.4 Å². The Labute approximate surface area is 110 Å². The molecule has 0 spiro atoms. The van der Waals surface area contributed by atoms with Gasteiger partial charge in [-0.15, -0.1) is 6.58 Å². The molecule has 0 aromatic rings. The summed E-state index contributed by atoms with van der Waals surface area (Å²) in [5, 5.41) is 3.32. The van der Waals surface area contributed by atoms with Gasteiger partial charge in [-0.2, -0.15) is 4.31 Å². The van der Waals surface area contributed by atoms with Crippen LogP contribution in [0.15, 0.2) is 12.7 Å². The number of sulfonamides is 1. The molecule has 0 aromatic carbocycles. The maximum atomic E-state index is 12.1. The molecule has 0 atom stereocenters. The summed E-state index contributed by atoms with van der Waals surface area (Å²) in [4.78, 5) is 0. The lowest BCUT2D eigenvalue weighted by Crippen LogP contribution is -2.36. The Balaban J connectivity index is 2.32. The van der Waals surface area contributed by atoms with Gasteiger partial charge < -0.3 is 10.1 Å². The summed E-state index contributed by atoms with van der Waals surface area (Å²) in [6, 6.07) is 0.630. The average Bonchev–Trinajstić information content (AvgIpc) is 3.14. The van der Waals surface area contributed by atoms with Gasteiger partial charge in [-0.3, -0.25) is 0 Å². The molecule has 18 heavy (non-hydrogen) atoms. The second kappa shape index (κ2) is 7.89. The van der Waals surface area contributed by atoms with Crippen LogP contribution < -0.4 is 5.32 Å². The molecule has 1 aliphatic carbocycles. The molecule has 0 saturated heterocycles. The Kier molecular flexibility index (Phi) is 6.85. The van der Waals surface area contributed by atoms with Gasteiger partial charge in [0.25, 0.3) is 0 Å². The highest BCUT2D eigenvalue weighted by atomic mass is 32.2. The van der Waals surface area contributed by atoms with E-state index in [4.69, 9.17) is 4.74 Å². The van der Waals surface area contributed by atoms with Crippen LogP contribution in [-0.4, -0.2) is 57.9 Å². The van der Waals surface area contributed by atoms with E-state index in [0.29, 0.717) is 32.2 Å². The lowest BCUT2D eigenvalue weighted by Gasteiger charge is -2.20. The van der Waals surface area contributed by atoms with E-state index in [0.717, 1.165) is 6.54 Å². The first kappa shape index (κ1) is 15.6. The molecule has 1 saturated carbocycles. The molecular weight excluding hydrogens is 252 g/mol. The first-order valence-electron chi connectivity index (χ1n) is 6.41. The van der Waals surface area contributed by atoms with E-state index in [-0.39, 0.29) is 5.75 Å². The van der Waals surface area contributed by atoms with Crippen LogP contribution in [0.3, 0.4) is 0 Å². The predicted molar refractivity (Wildman–Crippen MR) is 73.1 cm³/mol. The smallest absolute Gasteiger partial charge is 0.214 e. The zero-order valence-electron chi connectivity index (χ0n) is 11.1. The monoisotopic (exact) mass is 276 g/mol. The zero-order valence-corrected chi connectivity index (χ0v) is 11.9. The van der Waals surface area contributed by atoms with Gasteiger partial charge in [0, 0.05) is 26.2 Å². The third-order valence-electron chi connectivity index (χ3n) is 2.86. The first-order chi connectivity index (χ1) is 8.60. The number of hydrogen-bond donors (Lipinski definition) is 1. The van der Waals surface area contributed by atoms with E-state index in [9.17, 15) is 8.42 Å². The topological polar surface area (TPSA) is 58.6 Å². The van der Waals surface area contributed by atoms with Crippen LogP contribution in [-0.2, 0) is 14.8 Å². The average molecular weight is 276 g/mol. The molecule has 1 fully saturated rings. The Hall–Kier alpha value is -0.430. The summed E-state index contributed by atoms with van der Waals surface area (Å²) in [5.74, 6) is 0.185. The zero-order chi connectivity index (χ0) is 13.4. The van der Waals surface area contributed by atoms with Gasteiger partial charge >= 0.3 is 0 Å². The van der Waals surface area contributed by atoms with E-state index >= 15 is 0 Å². The van der Waals surface area contributed by atoms with Gasteiger partial charge in [-0.1, -0.05) is 6.08 Å². The number of nitrogens with one attached hydrogen (secondary N) is 1. The molecule has 1 aliphatic rings. The summed E-state index contributed by atoms with van der Waals surface area (Å²) in [6.07, 6.45) is 4.71. The molecule has 1 rings (SSSR count). The number of hydrogen-bond acceptors (Lipinski definition) is 4. The first-order valence-corrected chi connectivity index (χ1v) is 8.02. The highest BCUT2D eigenvalue weighted by molar-refractivity contribution is 7.89. The highest BCUT2D eigenvalue weighted by Gasteiger charge is 2.22. The maximum Gasteiger partial charge on any atom is 0.214 e. The molecule has 0 amide bonds. The van der Waals surface area contributed by atoms with Crippen LogP contribution >= 0.6 is 0 Å². The van der Waals surface area contributed by atoms with E-state index in [1.807, 2.05) is 0 Å². The minimum atomic E-state index is -3.19. The molecule has 1 N–H and O–H groups in total. The van der Waals surface area contributed by atoms with Crippen molar-refractivity contribution in [2.24, 2.45) is 0 Å². The fraction of sp³-hybridized carbons (Fsp3) is 0.833. The highest BCUT2D eigenvalue weighted by Crippen LogP contribution is 2.18. The molecule has 0 aromatic heterocycles. The summed E-state index contributed by atoms with van der Waals surface area (Å²) in [6.45, 7) is 5.51. The van der Waals surface area contributed by atoms with Crippen molar-refractivity contribution >= 4 is 10.0 Å². The van der Waals surface area contributed by atoms with Crippen LogP contribution in [0.25, 0.3) is 0 Å². The lowest BCUT2D eigenvalue weighted by molar-refractivity contribution is 0.182. The van der Waals surface area contributed by atoms with E-state index in [1.54, 1.807) is 13.2 Å². The van der Waals surface area contributed by atoms with Gasteiger partial charge in [0.2, 0.25) is 10.0 Å². The molecule has 6 heteroatoms. The second-order valence-corrected chi connectivity index (χ2v) is 6.63. The molecule has 0 unspecified atom stereocenters. The van der Waals surface area contributed by atoms with Gasteiger partial charge in [-0.05, 0) is 25.8 Å². The van der Waals surface area contributed by atoms with Gasteiger partial charge in [0.1, 0.15) is 0 Å². The second-order valence-electron chi connectivity index (χ2n) is 4.54. The Morgan fingerprint density at radius 2 is 2.22 bits per heavy atom. The third-order valence-corrected chi connectivity index (χ3v) is 4.78. The third kappa shape index (κ3) is 5.95. The summed E-state index contributed by atoms with van der Waals surface area (Å²) < 4.78 is 30.5. The van der Waals surface area contributed by atoms with Crippen molar-refractivity contribution in [3.05, 3.63) is 12.7 Å². The van der Waals surface area contributed by atoms with Crippen molar-refractivity contribution in [2.75, 3.05) is 39.1 Å². The Morgan fingerprint density at radius 3 is 2.78 bits per heavy atom. The molecule has 0 aliphatic heterocycles. The van der Waals surface area contributed by atoms with E-state index in [1.165, 1.54) is 17.1 Å². The summed E-state index contributed by atoms with van der Waals surface area (Å²) in [5.41, 5.74) is 0. The van der Waals surface area contributed by atoms with Gasteiger partial charge in [0.15, 0.2) is 0 Å². The lowest BCUT2D eigenvalue weighted by atomic mass is 10.5. The van der Waals surface area contributed by atoms with Crippen molar-refractivity contribution < 1.29 is 13.2 Å². The molecule has 0 bridgehead atoms. The Bertz CT molecular complexity index is 339. The SMILES string of the molecule is C=CCN(CCOC)S(=O)(=O)CCCNC1CC1. The Morgan fingerprint density at radius 1 is 1.50 bits per heavy atom. The number of nitrogens with zero attached hydrogens (tertiary/aromatic N) is 1. The van der Waals surface area contributed by atoms with Crippen molar-refractivity contribution in [3.8, 4) is 0 Å². The molecule has 0 heterocycles. The van der Waals surface area contributed by atoms with Crippen LogP contribution in [0, 0.1) is 0 Å². The maximum absolute atomic E-state index is 12.1. The van der Waals surface area contributed by atoms with Crippen LogP contribution in [0.5, 0.6) is 0 Å². The van der Waals surface area contributed by atoms with Crippen LogP contribution in [0.1, 0.15) is 19.3 Å². The predicted octanol–water partition coefficient (Wildman–Crippen LogP) is 0.593. The number of ether oxygens (including phenoxy) is 1. The molecular formula is C12H24N2O3S. The largest absolute Gasteiger partial charge is 0.383 e. The van der Waals surface area contributed by atoms with E-state index in [2.05, 4.69) is 11.9 Å². The van der Waals surface area contributed by atoms with Crippen molar-refractivity contribution in [3.63, 3.8) is 0 Å². The summed E-state index contributed by atoms with van der Waals surface area (Å²) >= 11 is 0. The van der Waals surface area contributed by atoms with Crippen molar-refractivity contribution in [2.45, 2.75) is 25.3 Å². The molecule has 106 valence electrons. The normalized spacial score (nSPS) is 16.1. The van der Waals surface area contributed by atoms with Crippen LogP contribution in [0.2, 0.25) is 0 Å². The number of rotatable bonds is 11. The van der Waals surface area contributed by atoms with Crippen molar-refractivity contribution in [1.82, 2.24) is 9.62 Å². The quantitative estimate of drug-likeness (QED) is 0.443. The fourth-order valence-electron chi connectivity index (χ4n) is 1.66. The van der Waals surface area contributed by atoms with Crippen molar-refractivity contribution in [1.29, 1.82) is 0 Å². The minimum Gasteiger partial charge on any atom is -0.383 e. The number of methoxy groups -OCH3 is 1. The summed E-state index contributed by atoms with van der Waals surface area (Å²) in [7, 11) is -1.62. The van der Waals surface area contributed by atoms with E-state index < -0.39 is 10.0 Å². The minimum absolute atomic E-state index is 0.185. The molecule has 5 nitrogen and oxygen atoms in total. The standard InChI is InChI=1S/C12H24N2O3S/c1-3-8-14(9-10-17-2)18(15,16)11-4-7-13-12-5-6-12/h3,12-13H,1,4-11H2,2H3. The molecule has 0 radical (unpaired) electrons. The fourth-order valence-corrected chi connectivity index (χ4v) is 3.11. The van der Waals surface area contributed by atoms with Crippen LogP contribution in [0.4, 0.5) is 0 Å². The van der Waals surface area contributed by atoms with Gasteiger partial charge in [-0.25, -0.2) is 8.42 Å².